The monoisotopic (exact) mass is 290 g/mol. The van der Waals surface area contributed by atoms with Crippen LogP contribution in [0.4, 0.5) is 14.5 Å². The summed E-state index contributed by atoms with van der Waals surface area (Å²) in [7, 11) is -3.61. The normalized spacial score (nSPS) is 17.4. The SMILES string of the molecule is O=S(=O)(CC1CCNCC1)Nc1ccc(F)cc1F. The molecule has 1 heterocycles. The van der Waals surface area contributed by atoms with Crippen LogP contribution in [-0.2, 0) is 10.0 Å². The van der Waals surface area contributed by atoms with Crippen LogP contribution in [0.2, 0.25) is 0 Å². The Hall–Kier alpha value is -1.21. The van der Waals surface area contributed by atoms with E-state index in [1.165, 1.54) is 0 Å². The largest absolute Gasteiger partial charge is 0.317 e. The van der Waals surface area contributed by atoms with Crippen LogP contribution in [0.15, 0.2) is 18.2 Å². The highest BCUT2D eigenvalue weighted by atomic mass is 32.2. The molecule has 1 saturated heterocycles. The Bertz CT molecular complexity index is 543. The average Bonchev–Trinajstić information content (AvgIpc) is 2.33. The Balaban J connectivity index is 2.03. The van der Waals surface area contributed by atoms with Crippen molar-refractivity contribution >= 4 is 15.7 Å². The van der Waals surface area contributed by atoms with E-state index in [9.17, 15) is 17.2 Å². The molecule has 0 amide bonds. The van der Waals surface area contributed by atoms with E-state index in [-0.39, 0.29) is 17.4 Å². The van der Waals surface area contributed by atoms with Crippen LogP contribution in [-0.4, -0.2) is 27.3 Å². The lowest BCUT2D eigenvalue weighted by molar-refractivity contribution is 0.402. The van der Waals surface area contributed by atoms with Gasteiger partial charge in [0.2, 0.25) is 10.0 Å². The molecule has 1 aromatic rings. The fourth-order valence-corrected chi connectivity index (χ4v) is 3.68. The molecule has 19 heavy (non-hydrogen) atoms. The van der Waals surface area contributed by atoms with E-state index in [4.69, 9.17) is 0 Å². The Morgan fingerprint density at radius 3 is 2.58 bits per heavy atom. The number of hydrogen-bond donors (Lipinski definition) is 2. The molecule has 2 N–H and O–H groups in total. The molecule has 0 unspecified atom stereocenters. The molecular formula is C12H16F2N2O2S. The third-order valence-corrected chi connectivity index (χ3v) is 4.55. The highest BCUT2D eigenvalue weighted by molar-refractivity contribution is 7.92. The van der Waals surface area contributed by atoms with Crippen LogP contribution in [0.3, 0.4) is 0 Å². The van der Waals surface area contributed by atoms with E-state index in [0.717, 1.165) is 38.1 Å². The molecule has 0 saturated carbocycles. The first kappa shape index (κ1) is 14.2. The third kappa shape index (κ3) is 4.14. The summed E-state index contributed by atoms with van der Waals surface area (Å²) in [6.07, 6.45) is 1.57. The highest BCUT2D eigenvalue weighted by Crippen LogP contribution is 2.19. The van der Waals surface area contributed by atoms with Gasteiger partial charge in [-0.2, -0.15) is 0 Å². The maximum Gasteiger partial charge on any atom is 0.233 e. The van der Waals surface area contributed by atoms with Gasteiger partial charge in [-0.05, 0) is 44.0 Å². The number of hydrogen-bond acceptors (Lipinski definition) is 3. The second-order valence-corrected chi connectivity index (χ2v) is 6.47. The molecule has 0 spiro atoms. The van der Waals surface area contributed by atoms with Gasteiger partial charge < -0.3 is 5.32 Å². The molecule has 2 rings (SSSR count). The summed E-state index contributed by atoms with van der Waals surface area (Å²) in [5.41, 5.74) is -0.213. The Labute approximate surface area is 111 Å². The zero-order valence-electron chi connectivity index (χ0n) is 10.3. The minimum absolute atomic E-state index is 0.0362. The molecule has 4 nitrogen and oxygen atoms in total. The molecule has 0 radical (unpaired) electrons. The molecule has 0 aromatic heterocycles. The average molecular weight is 290 g/mol. The summed E-state index contributed by atoms with van der Waals surface area (Å²) in [5.74, 6) is -1.61. The lowest BCUT2D eigenvalue weighted by atomic mass is 10.0. The Morgan fingerprint density at radius 1 is 1.26 bits per heavy atom. The molecule has 1 fully saturated rings. The Kier molecular flexibility index (Phi) is 4.36. The van der Waals surface area contributed by atoms with Crippen LogP contribution in [0.5, 0.6) is 0 Å². The van der Waals surface area contributed by atoms with Crippen molar-refractivity contribution in [3.63, 3.8) is 0 Å². The minimum atomic E-state index is -3.61. The minimum Gasteiger partial charge on any atom is -0.317 e. The molecular weight excluding hydrogens is 274 g/mol. The number of sulfonamides is 1. The lowest BCUT2D eigenvalue weighted by Gasteiger charge is -2.22. The second-order valence-electron chi connectivity index (χ2n) is 4.70. The van der Waals surface area contributed by atoms with Crippen LogP contribution in [0.1, 0.15) is 12.8 Å². The second kappa shape index (κ2) is 5.83. The van der Waals surface area contributed by atoms with Crippen molar-refractivity contribution in [3.05, 3.63) is 29.8 Å². The summed E-state index contributed by atoms with van der Waals surface area (Å²) in [6, 6.07) is 2.76. The molecule has 0 bridgehead atoms. The standard InChI is InChI=1S/C12H16F2N2O2S/c13-10-1-2-12(11(14)7-10)16-19(17,18)8-9-3-5-15-6-4-9/h1-2,7,9,15-16H,3-6,8H2. The van der Waals surface area contributed by atoms with Crippen molar-refractivity contribution in [3.8, 4) is 0 Å². The number of rotatable bonds is 4. The molecule has 1 aliphatic rings. The lowest BCUT2D eigenvalue weighted by Crippen LogP contribution is -2.33. The summed E-state index contributed by atoms with van der Waals surface area (Å²) < 4.78 is 52.1. The first-order chi connectivity index (χ1) is 8.96. The van der Waals surface area contributed by atoms with Crippen molar-refractivity contribution < 1.29 is 17.2 Å². The van der Waals surface area contributed by atoms with Crippen molar-refractivity contribution in [2.45, 2.75) is 12.8 Å². The topological polar surface area (TPSA) is 58.2 Å². The first-order valence-corrected chi connectivity index (χ1v) is 7.78. The molecule has 0 aliphatic carbocycles. The highest BCUT2D eigenvalue weighted by Gasteiger charge is 2.22. The van der Waals surface area contributed by atoms with Crippen LogP contribution in [0.25, 0.3) is 0 Å². The molecule has 0 atom stereocenters. The van der Waals surface area contributed by atoms with Crippen molar-refractivity contribution in [2.75, 3.05) is 23.6 Å². The number of nitrogens with one attached hydrogen (secondary N) is 2. The van der Waals surface area contributed by atoms with Gasteiger partial charge in [-0.15, -0.1) is 0 Å². The third-order valence-electron chi connectivity index (χ3n) is 3.11. The van der Waals surface area contributed by atoms with Crippen LogP contribution in [0, 0.1) is 17.6 Å². The summed E-state index contributed by atoms with van der Waals surface area (Å²) in [6.45, 7) is 1.59. The molecule has 7 heteroatoms. The van der Waals surface area contributed by atoms with Gasteiger partial charge in [-0.25, -0.2) is 17.2 Å². The van der Waals surface area contributed by atoms with Crippen LogP contribution < -0.4 is 10.0 Å². The van der Waals surface area contributed by atoms with Crippen molar-refractivity contribution in [2.24, 2.45) is 5.92 Å². The summed E-state index contributed by atoms with van der Waals surface area (Å²) in [4.78, 5) is 0. The quantitative estimate of drug-likeness (QED) is 0.887. The smallest absolute Gasteiger partial charge is 0.233 e. The van der Waals surface area contributed by atoms with Gasteiger partial charge in [0.1, 0.15) is 11.6 Å². The predicted molar refractivity (Wildman–Crippen MR) is 69.4 cm³/mol. The van der Waals surface area contributed by atoms with Crippen molar-refractivity contribution in [1.82, 2.24) is 5.32 Å². The number of piperidine rings is 1. The van der Waals surface area contributed by atoms with Crippen LogP contribution >= 0.6 is 0 Å². The van der Waals surface area contributed by atoms with Gasteiger partial charge in [0, 0.05) is 6.07 Å². The van der Waals surface area contributed by atoms with E-state index in [1.807, 2.05) is 0 Å². The number of anilines is 1. The van der Waals surface area contributed by atoms with Gasteiger partial charge in [0.05, 0.1) is 11.4 Å². The summed E-state index contributed by atoms with van der Waals surface area (Å²) >= 11 is 0. The maximum absolute atomic E-state index is 13.4. The van der Waals surface area contributed by atoms with Gasteiger partial charge in [0.25, 0.3) is 0 Å². The molecule has 106 valence electrons. The predicted octanol–water partition coefficient (Wildman–Crippen LogP) is 1.71. The van der Waals surface area contributed by atoms with E-state index < -0.39 is 21.7 Å². The van der Waals surface area contributed by atoms with Gasteiger partial charge in [0.15, 0.2) is 0 Å². The van der Waals surface area contributed by atoms with Gasteiger partial charge in [-0.1, -0.05) is 0 Å². The first-order valence-electron chi connectivity index (χ1n) is 6.12. The van der Waals surface area contributed by atoms with E-state index in [1.54, 1.807) is 0 Å². The summed E-state index contributed by atoms with van der Waals surface area (Å²) in [5, 5.41) is 3.15. The zero-order chi connectivity index (χ0) is 13.9. The molecule has 1 aliphatic heterocycles. The zero-order valence-corrected chi connectivity index (χ0v) is 11.1. The fourth-order valence-electron chi connectivity index (χ4n) is 2.14. The number of halogens is 2. The Morgan fingerprint density at radius 2 is 1.95 bits per heavy atom. The van der Waals surface area contributed by atoms with E-state index in [0.29, 0.717) is 6.07 Å². The maximum atomic E-state index is 13.4. The number of benzene rings is 1. The van der Waals surface area contributed by atoms with Crippen molar-refractivity contribution in [1.29, 1.82) is 0 Å². The van der Waals surface area contributed by atoms with E-state index in [2.05, 4.69) is 10.0 Å². The van der Waals surface area contributed by atoms with Gasteiger partial charge in [-0.3, -0.25) is 4.72 Å². The fraction of sp³-hybridized carbons (Fsp3) is 0.500. The van der Waals surface area contributed by atoms with Gasteiger partial charge >= 0.3 is 0 Å². The van der Waals surface area contributed by atoms with E-state index >= 15 is 0 Å². The molecule has 1 aromatic carbocycles.